The fourth-order valence-electron chi connectivity index (χ4n) is 3.39. The molecule has 0 saturated heterocycles. The highest BCUT2D eigenvalue weighted by Gasteiger charge is 2.18. The lowest BCUT2D eigenvalue weighted by Gasteiger charge is -2.19. The van der Waals surface area contributed by atoms with E-state index in [1.54, 1.807) is 32.3 Å². The first kappa shape index (κ1) is 21.8. The van der Waals surface area contributed by atoms with Gasteiger partial charge in [-0.3, -0.25) is 24.6 Å². The maximum Gasteiger partial charge on any atom is 0.280 e. The van der Waals surface area contributed by atoms with Gasteiger partial charge < -0.3 is 4.57 Å². The van der Waals surface area contributed by atoms with Crippen LogP contribution in [-0.4, -0.2) is 45.6 Å². The molecule has 0 spiro atoms. The van der Waals surface area contributed by atoms with Crippen LogP contribution in [0.15, 0.2) is 57.1 Å². The van der Waals surface area contributed by atoms with E-state index >= 15 is 0 Å². The lowest BCUT2D eigenvalue weighted by Crippen LogP contribution is -2.30. The van der Waals surface area contributed by atoms with Gasteiger partial charge in [0.1, 0.15) is 0 Å². The summed E-state index contributed by atoms with van der Waals surface area (Å²) in [5.41, 5.74) is 2.17. The number of allylic oxidation sites excluding steroid dienone is 1. The quantitative estimate of drug-likeness (QED) is 0.588. The molecule has 30 heavy (non-hydrogen) atoms. The van der Waals surface area contributed by atoms with E-state index in [-0.39, 0.29) is 11.1 Å². The number of hydrogen-bond acceptors (Lipinski definition) is 4. The zero-order chi connectivity index (χ0) is 21.8. The second-order valence-corrected chi connectivity index (χ2v) is 7.59. The summed E-state index contributed by atoms with van der Waals surface area (Å²) in [6.07, 6.45) is 4.99. The van der Waals surface area contributed by atoms with E-state index < -0.39 is 0 Å². The Morgan fingerprint density at radius 1 is 1.30 bits per heavy atom. The van der Waals surface area contributed by atoms with Gasteiger partial charge in [-0.25, -0.2) is 4.68 Å². The molecule has 0 aliphatic carbocycles. The SMILES string of the molecule is CC/C=C\C(CN(C)Cc1c2c(=O)n(-c3ccccc3Cl)[nH]c2cc(=O)n1C)=NC. The van der Waals surface area contributed by atoms with E-state index in [0.717, 1.165) is 12.1 Å². The number of aliphatic imine (C=N–C) groups is 1. The zero-order valence-electron chi connectivity index (χ0n) is 17.6. The molecule has 3 rings (SSSR count). The largest absolute Gasteiger partial charge is 0.313 e. The number of hydrogen-bond donors (Lipinski definition) is 1. The predicted molar refractivity (Wildman–Crippen MR) is 123 cm³/mol. The van der Waals surface area contributed by atoms with Crippen molar-refractivity contribution in [3.05, 3.63) is 73.9 Å². The molecule has 158 valence electrons. The molecule has 0 bridgehead atoms. The molecule has 0 fully saturated rings. The Hall–Kier alpha value is -2.90. The Kier molecular flexibility index (Phi) is 6.74. The summed E-state index contributed by atoms with van der Waals surface area (Å²) in [4.78, 5) is 32.1. The maximum atomic E-state index is 13.3. The van der Waals surface area contributed by atoms with E-state index in [2.05, 4.69) is 23.1 Å². The monoisotopic (exact) mass is 427 g/mol. The second kappa shape index (κ2) is 9.28. The molecular formula is C22H26ClN5O2. The van der Waals surface area contributed by atoms with Crippen LogP contribution in [0, 0.1) is 0 Å². The van der Waals surface area contributed by atoms with Gasteiger partial charge in [0.05, 0.1) is 21.6 Å². The third kappa shape index (κ3) is 4.32. The molecule has 8 heteroatoms. The topological polar surface area (TPSA) is 75.4 Å². The van der Waals surface area contributed by atoms with Gasteiger partial charge in [-0.05, 0) is 31.7 Å². The molecule has 1 N–H and O–H groups in total. The van der Waals surface area contributed by atoms with Gasteiger partial charge in [-0.1, -0.05) is 36.7 Å². The number of pyridine rings is 1. The Morgan fingerprint density at radius 2 is 2.03 bits per heavy atom. The van der Waals surface area contributed by atoms with Crippen LogP contribution in [0.4, 0.5) is 0 Å². The lowest BCUT2D eigenvalue weighted by atomic mass is 10.2. The van der Waals surface area contributed by atoms with Crippen LogP contribution in [-0.2, 0) is 13.6 Å². The molecule has 0 unspecified atom stereocenters. The van der Waals surface area contributed by atoms with E-state index in [0.29, 0.717) is 40.4 Å². The van der Waals surface area contributed by atoms with Crippen molar-refractivity contribution in [1.29, 1.82) is 0 Å². The van der Waals surface area contributed by atoms with Gasteiger partial charge >= 0.3 is 0 Å². The predicted octanol–water partition coefficient (Wildman–Crippen LogP) is 3.14. The van der Waals surface area contributed by atoms with Gasteiger partial charge in [0.15, 0.2) is 0 Å². The summed E-state index contributed by atoms with van der Waals surface area (Å²) in [5.74, 6) is 0. The molecule has 0 atom stereocenters. The van der Waals surface area contributed by atoms with Gasteiger partial charge in [0.2, 0.25) is 0 Å². The first-order chi connectivity index (χ1) is 14.4. The smallest absolute Gasteiger partial charge is 0.280 e. The third-order valence-electron chi connectivity index (χ3n) is 4.99. The first-order valence-electron chi connectivity index (χ1n) is 9.76. The molecule has 2 heterocycles. The standard InChI is InChI=1S/C22H26ClN5O2/c1-5-6-9-15(24-2)13-26(3)14-19-21-17(12-20(29)27(19)4)25-28(22(21)30)18-11-8-7-10-16(18)23/h6-12,25H,5,13-14H2,1-4H3/b9-6-,24-15?. The van der Waals surface area contributed by atoms with Crippen molar-refractivity contribution in [2.75, 3.05) is 20.6 Å². The number of aromatic nitrogens is 3. The average molecular weight is 428 g/mol. The number of nitrogens with one attached hydrogen (secondary N) is 1. The van der Waals surface area contributed by atoms with Crippen molar-refractivity contribution in [2.24, 2.45) is 12.0 Å². The number of rotatable bonds is 7. The molecule has 0 aliphatic heterocycles. The van der Waals surface area contributed by atoms with Crippen molar-refractivity contribution >= 4 is 28.2 Å². The Labute approximate surface area is 179 Å². The summed E-state index contributed by atoms with van der Waals surface area (Å²) in [7, 11) is 5.38. The number of nitrogens with zero attached hydrogens (tertiary/aromatic N) is 4. The molecule has 0 saturated carbocycles. The summed E-state index contributed by atoms with van der Waals surface area (Å²) < 4.78 is 2.91. The van der Waals surface area contributed by atoms with Gasteiger partial charge in [-0.2, -0.15) is 0 Å². The van der Waals surface area contributed by atoms with E-state index in [4.69, 9.17) is 11.6 Å². The Bertz CT molecular complexity index is 1230. The molecule has 0 amide bonds. The van der Waals surface area contributed by atoms with Crippen molar-refractivity contribution < 1.29 is 0 Å². The number of benzene rings is 1. The van der Waals surface area contributed by atoms with Crippen molar-refractivity contribution in [1.82, 2.24) is 19.2 Å². The fraction of sp³-hybridized carbons (Fsp3) is 0.318. The summed E-state index contributed by atoms with van der Waals surface area (Å²) in [6, 6.07) is 8.53. The van der Waals surface area contributed by atoms with Crippen molar-refractivity contribution in [3.8, 4) is 5.69 Å². The molecule has 2 aromatic heterocycles. The fourth-order valence-corrected chi connectivity index (χ4v) is 3.61. The summed E-state index contributed by atoms with van der Waals surface area (Å²) in [6.45, 7) is 3.08. The Morgan fingerprint density at radius 3 is 2.70 bits per heavy atom. The van der Waals surface area contributed by atoms with E-state index in [1.165, 1.54) is 15.3 Å². The number of fused-ring (bicyclic) bond motifs is 1. The second-order valence-electron chi connectivity index (χ2n) is 7.18. The van der Waals surface area contributed by atoms with Crippen LogP contribution in [0.5, 0.6) is 0 Å². The minimum Gasteiger partial charge on any atom is -0.313 e. The lowest BCUT2D eigenvalue weighted by molar-refractivity contribution is 0.364. The minimum atomic E-state index is -0.243. The highest BCUT2D eigenvalue weighted by Crippen LogP contribution is 2.20. The van der Waals surface area contributed by atoms with Crippen LogP contribution >= 0.6 is 11.6 Å². The molecule has 7 nitrogen and oxygen atoms in total. The zero-order valence-corrected chi connectivity index (χ0v) is 18.4. The summed E-state index contributed by atoms with van der Waals surface area (Å²) in [5, 5.41) is 3.96. The van der Waals surface area contributed by atoms with Crippen molar-refractivity contribution in [2.45, 2.75) is 19.9 Å². The average Bonchev–Trinajstić information content (AvgIpc) is 3.04. The third-order valence-corrected chi connectivity index (χ3v) is 5.31. The van der Waals surface area contributed by atoms with Gasteiger partial charge in [-0.15, -0.1) is 0 Å². The molecular weight excluding hydrogens is 402 g/mol. The maximum absolute atomic E-state index is 13.3. The number of H-pyrrole nitrogens is 1. The molecule has 3 aromatic rings. The van der Waals surface area contributed by atoms with Gasteiger partial charge in [0, 0.05) is 44.7 Å². The van der Waals surface area contributed by atoms with Crippen LogP contribution < -0.4 is 11.1 Å². The van der Waals surface area contributed by atoms with E-state index in [1.807, 2.05) is 24.1 Å². The van der Waals surface area contributed by atoms with E-state index in [9.17, 15) is 9.59 Å². The number of para-hydroxylation sites is 1. The van der Waals surface area contributed by atoms with Crippen LogP contribution in [0.25, 0.3) is 16.6 Å². The summed E-state index contributed by atoms with van der Waals surface area (Å²) >= 11 is 6.29. The first-order valence-corrected chi connectivity index (χ1v) is 10.1. The molecule has 0 aliphatic rings. The molecule has 0 radical (unpaired) electrons. The highest BCUT2D eigenvalue weighted by atomic mass is 35.5. The van der Waals surface area contributed by atoms with Gasteiger partial charge in [0.25, 0.3) is 11.1 Å². The Balaban J connectivity index is 2.07. The van der Waals surface area contributed by atoms with Crippen LogP contribution in [0.2, 0.25) is 5.02 Å². The van der Waals surface area contributed by atoms with Crippen molar-refractivity contribution in [3.63, 3.8) is 0 Å². The van der Waals surface area contributed by atoms with Crippen LogP contribution in [0.3, 0.4) is 0 Å². The number of aromatic amines is 1. The molecule has 1 aromatic carbocycles. The number of halogens is 1. The van der Waals surface area contributed by atoms with Crippen LogP contribution in [0.1, 0.15) is 19.0 Å². The minimum absolute atomic E-state index is 0.186. The normalized spacial score (nSPS) is 12.5. The highest BCUT2D eigenvalue weighted by molar-refractivity contribution is 6.32.